The fourth-order valence-corrected chi connectivity index (χ4v) is 3.04. The van der Waals surface area contributed by atoms with E-state index in [0.717, 1.165) is 9.35 Å². The van der Waals surface area contributed by atoms with Gasteiger partial charge in [0.25, 0.3) is 0 Å². The molecule has 0 spiro atoms. The molecule has 1 N–H and O–H groups in total. The van der Waals surface area contributed by atoms with Gasteiger partial charge in [-0.3, -0.25) is 0 Å². The molecule has 0 aliphatic rings. The van der Waals surface area contributed by atoms with E-state index in [0.29, 0.717) is 10.5 Å². The van der Waals surface area contributed by atoms with Crippen LogP contribution in [0, 0.1) is 6.92 Å². The number of carboxylic acids is 1. The maximum absolute atomic E-state index is 11.0. The van der Waals surface area contributed by atoms with Crippen molar-refractivity contribution in [2.75, 3.05) is 0 Å². The minimum Gasteiger partial charge on any atom is -0.478 e. The molecular weight excluding hydrogens is 244 g/mol. The summed E-state index contributed by atoms with van der Waals surface area (Å²) in [5.74, 6) is -0.927. The molecule has 0 saturated heterocycles. The Morgan fingerprint density at radius 2 is 2.12 bits per heavy atom. The molecule has 82 valence electrons. The van der Waals surface area contributed by atoms with Crippen LogP contribution in [0.4, 0.5) is 0 Å². The molecule has 1 aromatic carbocycles. The second kappa shape index (κ2) is 4.63. The van der Waals surface area contributed by atoms with Crippen LogP contribution in [-0.2, 0) is 0 Å². The fraction of sp³-hybridized carbons (Fsp3) is 0.100. The molecule has 6 heteroatoms. The smallest absolute Gasteiger partial charge is 0.336 e. The highest BCUT2D eigenvalue weighted by Crippen LogP contribution is 2.32. The van der Waals surface area contributed by atoms with E-state index in [-0.39, 0.29) is 0 Å². The number of benzene rings is 1. The normalized spacial score (nSPS) is 10.3. The summed E-state index contributed by atoms with van der Waals surface area (Å²) in [6.07, 6.45) is 0. The number of hydrogen-bond donors (Lipinski definition) is 1. The average molecular weight is 252 g/mol. The van der Waals surface area contributed by atoms with Gasteiger partial charge in [0, 0.05) is 4.90 Å². The fourth-order valence-electron chi connectivity index (χ4n) is 1.15. The van der Waals surface area contributed by atoms with Crippen molar-refractivity contribution in [2.45, 2.75) is 16.2 Å². The van der Waals surface area contributed by atoms with Gasteiger partial charge in [-0.05, 0) is 19.1 Å². The van der Waals surface area contributed by atoms with Crippen LogP contribution >= 0.6 is 23.1 Å². The number of carboxylic acid groups (broad SMARTS) is 1. The van der Waals surface area contributed by atoms with Gasteiger partial charge in [0.1, 0.15) is 5.01 Å². The van der Waals surface area contributed by atoms with Crippen molar-refractivity contribution < 1.29 is 9.90 Å². The third-order valence-electron chi connectivity index (χ3n) is 1.82. The predicted octanol–water partition coefficient (Wildman–Crippen LogP) is 2.70. The monoisotopic (exact) mass is 252 g/mol. The van der Waals surface area contributed by atoms with Gasteiger partial charge in [-0.25, -0.2) is 4.79 Å². The summed E-state index contributed by atoms with van der Waals surface area (Å²) in [7, 11) is 0. The Bertz CT molecular complexity index is 525. The Labute approximate surface area is 100 Å². The molecule has 1 aromatic heterocycles. The number of rotatable bonds is 3. The second-order valence-electron chi connectivity index (χ2n) is 2.99. The summed E-state index contributed by atoms with van der Waals surface area (Å²) >= 11 is 2.78. The van der Waals surface area contributed by atoms with E-state index >= 15 is 0 Å². The van der Waals surface area contributed by atoms with E-state index in [2.05, 4.69) is 10.2 Å². The molecule has 4 nitrogen and oxygen atoms in total. The van der Waals surface area contributed by atoms with E-state index in [4.69, 9.17) is 5.11 Å². The lowest BCUT2D eigenvalue weighted by Crippen LogP contribution is -1.97. The molecule has 0 unspecified atom stereocenters. The van der Waals surface area contributed by atoms with Gasteiger partial charge in [0.05, 0.1) is 5.56 Å². The molecule has 0 aliphatic carbocycles. The predicted molar refractivity (Wildman–Crippen MR) is 62.2 cm³/mol. The molecule has 0 amide bonds. The average Bonchev–Trinajstić information content (AvgIpc) is 2.64. The minimum atomic E-state index is -0.927. The molecule has 0 atom stereocenters. The summed E-state index contributed by atoms with van der Waals surface area (Å²) in [4.78, 5) is 11.7. The highest BCUT2D eigenvalue weighted by atomic mass is 32.2. The van der Waals surface area contributed by atoms with E-state index < -0.39 is 5.97 Å². The third-order valence-corrected chi connectivity index (χ3v) is 3.79. The van der Waals surface area contributed by atoms with Gasteiger partial charge in [-0.15, -0.1) is 10.2 Å². The summed E-state index contributed by atoms with van der Waals surface area (Å²) < 4.78 is 0.756. The maximum Gasteiger partial charge on any atom is 0.336 e. The Balaban J connectivity index is 2.31. The van der Waals surface area contributed by atoms with Crippen molar-refractivity contribution in [2.24, 2.45) is 0 Å². The van der Waals surface area contributed by atoms with E-state index in [1.807, 2.05) is 13.0 Å². The minimum absolute atomic E-state index is 0.292. The lowest BCUT2D eigenvalue weighted by Gasteiger charge is -2.01. The van der Waals surface area contributed by atoms with Crippen LogP contribution in [-0.4, -0.2) is 21.3 Å². The number of nitrogens with zero attached hydrogens (tertiary/aromatic N) is 2. The van der Waals surface area contributed by atoms with Crippen LogP contribution in [0.15, 0.2) is 33.5 Å². The quantitative estimate of drug-likeness (QED) is 0.910. The first-order chi connectivity index (χ1) is 7.66. The first kappa shape index (κ1) is 11.1. The van der Waals surface area contributed by atoms with Crippen LogP contribution in [0.3, 0.4) is 0 Å². The molecular formula is C10H8N2O2S2. The Hall–Kier alpha value is -1.40. The van der Waals surface area contributed by atoms with E-state index in [1.54, 1.807) is 18.2 Å². The number of aromatic carboxylic acids is 1. The van der Waals surface area contributed by atoms with Gasteiger partial charge in [-0.2, -0.15) is 0 Å². The van der Waals surface area contributed by atoms with Gasteiger partial charge >= 0.3 is 5.97 Å². The van der Waals surface area contributed by atoms with Crippen LogP contribution in [0.1, 0.15) is 15.4 Å². The maximum atomic E-state index is 11.0. The van der Waals surface area contributed by atoms with Crippen LogP contribution in [0.2, 0.25) is 0 Å². The summed E-state index contributed by atoms with van der Waals surface area (Å²) in [6, 6.07) is 6.87. The van der Waals surface area contributed by atoms with Crippen molar-refractivity contribution in [1.82, 2.24) is 10.2 Å². The van der Waals surface area contributed by atoms with Gasteiger partial charge in [0.15, 0.2) is 4.34 Å². The van der Waals surface area contributed by atoms with Crippen molar-refractivity contribution in [3.05, 3.63) is 34.8 Å². The molecule has 16 heavy (non-hydrogen) atoms. The summed E-state index contributed by atoms with van der Waals surface area (Å²) in [5, 5.41) is 17.7. The Morgan fingerprint density at radius 3 is 2.75 bits per heavy atom. The van der Waals surface area contributed by atoms with Crippen molar-refractivity contribution in [3.63, 3.8) is 0 Å². The molecule has 0 saturated carbocycles. The summed E-state index contributed by atoms with van der Waals surface area (Å²) in [6.45, 7) is 1.87. The second-order valence-corrected chi connectivity index (χ2v) is 5.46. The molecule has 0 bridgehead atoms. The van der Waals surface area contributed by atoms with Crippen LogP contribution in [0.25, 0.3) is 0 Å². The molecule has 0 radical (unpaired) electrons. The third kappa shape index (κ3) is 2.40. The molecule has 2 rings (SSSR count). The molecule has 1 heterocycles. The van der Waals surface area contributed by atoms with Crippen molar-refractivity contribution >= 4 is 29.1 Å². The number of carbonyl (C=O) groups is 1. The topological polar surface area (TPSA) is 63.1 Å². The van der Waals surface area contributed by atoms with Crippen LogP contribution < -0.4 is 0 Å². The van der Waals surface area contributed by atoms with Crippen molar-refractivity contribution in [1.29, 1.82) is 0 Å². The zero-order chi connectivity index (χ0) is 11.5. The van der Waals surface area contributed by atoms with Crippen molar-refractivity contribution in [3.8, 4) is 0 Å². The lowest BCUT2D eigenvalue weighted by atomic mass is 10.2. The lowest BCUT2D eigenvalue weighted by molar-refractivity contribution is 0.0693. The number of aryl methyl sites for hydroxylation is 1. The zero-order valence-corrected chi connectivity index (χ0v) is 10.0. The zero-order valence-electron chi connectivity index (χ0n) is 8.38. The molecule has 0 aliphatic heterocycles. The number of aromatic nitrogens is 2. The van der Waals surface area contributed by atoms with Gasteiger partial charge in [-0.1, -0.05) is 35.2 Å². The molecule has 2 aromatic rings. The standard InChI is InChI=1S/C10H8N2O2S2/c1-6-11-12-10(15-6)16-8-5-3-2-4-7(8)9(13)14/h2-5H,1H3,(H,13,14). The highest BCUT2D eigenvalue weighted by molar-refractivity contribution is 8.01. The Morgan fingerprint density at radius 1 is 1.38 bits per heavy atom. The van der Waals surface area contributed by atoms with Gasteiger partial charge < -0.3 is 5.11 Å². The number of hydrogen-bond acceptors (Lipinski definition) is 5. The van der Waals surface area contributed by atoms with Crippen LogP contribution in [0.5, 0.6) is 0 Å². The highest BCUT2D eigenvalue weighted by Gasteiger charge is 2.11. The first-order valence-electron chi connectivity index (χ1n) is 4.47. The van der Waals surface area contributed by atoms with E-state index in [1.165, 1.54) is 23.1 Å². The van der Waals surface area contributed by atoms with Gasteiger partial charge in [0.2, 0.25) is 0 Å². The van der Waals surface area contributed by atoms with E-state index in [9.17, 15) is 4.79 Å². The Kier molecular flexibility index (Phi) is 3.21. The summed E-state index contributed by atoms with van der Waals surface area (Å²) in [5.41, 5.74) is 0.292. The molecule has 0 fully saturated rings. The first-order valence-corrected chi connectivity index (χ1v) is 6.10. The SMILES string of the molecule is Cc1nnc(Sc2ccccc2C(=O)O)s1. The largest absolute Gasteiger partial charge is 0.478 e.